The number of carbonyl (C=O) groups is 1. The van der Waals surface area contributed by atoms with E-state index in [0.29, 0.717) is 12.5 Å². The SMILES string of the molecule is O=C(OCc1ccccn1)C1CC2CCC1C2. The number of hydrogen-bond donors (Lipinski definition) is 0. The maximum Gasteiger partial charge on any atom is 0.309 e. The molecule has 2 aliphatic carbocycles. The van der Waals surface area contributed by atoms with E-state index in [2.05, 4.69) is 4.98 Å². The van der Waals surface area contributed by atoms with Gasteiger partial charge in [0.2, 0.25) is 0 Å². The molecule has 0 saturated heterocycles. The second-order valence-electron chi connectivity index (χ2n) is 5.21. The predicted molar refractivity (Wildman–Crippen MR) is 63.0 cm³/mol. The van der Waals surface area contributed by atoms with Gasteiger partial charge in [-0.3, -0.25) is 9.78 Å². The molecule has 0 aromatic carbocycles. The molecule has 0 spiro atoms. The Balaban J connectivity index is 1.54. The number of fused-ring (bicyclic) bond motifs is 2. The van der Waals surface area contributed by atoms with Crippen LogP contribution in [0, 0.1) is 17.8 Å². The smallest absolute Gasteiger partial charge is 0.309 e. The fourth-order valence-corrected chi connectivity index (χ4v) is 3.27. The van der Waals surface area contributed by atoms with Gasteiger partial charge in [0.15, 0.2) is 0 Å². The van der Waals surface area contributed by atoms with Crippen LogP contribution in [0.15, 0.2) is 24.4 Å². The Labute approximate surface area is 101 Å². The Kier molecular flexibility index (Phi) is 2.83. The van der Waals surface area contributed by atoms with Crippen LogP contribution < -0.4 is 0 Å². The van der Waals surface area contributed by atoms with Gasteiger partial charge in [-0.25, -0.2) is 0 Å². The van der Waals surface area contributed by atoms with Crippen LogP contribution in [0.5, 0.6) is 0 Å². The zero-order valence-electron chi connectivity index (χ0n) is 9.84. The number of nitrogens with zero attached hydrogens (tertiary/aromatic N) is 1. The highest BCUT2D eigenvalue weighted by Crippen LogP contribution is 2.48. The van der Waals surface area contributed by atoms with Crippen LogP contribution in [-0.4, -0.2) is 11.0 Å². The Bertz CT molecular complexity index is 404. The van der Waals surface area contributed by atoms with Gasteiger partial charge in [0.1, 0.15) is 6.61 Å². The second-order valence-corrected chi connectivity index (χ2v) is 5.21. The highest BCUT2D eigenvalue weighted by molar-refractivity contribution is 5.73. The lowest BCUT2D eigenvalue weighted by Crippen LogP contribution is -2.23. The standard InChI is InChI=1S/C14H17NO2/c16-14(13-8-10-4-5-11(13)7-10)17-9-12-3-1-2-6-15-12/h1-3,6,10-11,13H,4-5,7-9H2. The minimum absolute atomic E-state index is 0.0112. The Morgan fingerprint density at radius 1 is 1.35 bits per heavy atom. The quantitative estimate of drug-likeness (QED) is 0.750. The van der Waals surface area contributed by atoms with Crippen LogP contribution in [0.25, 0.3) is 0 Å². The van der Waals surface area contributed by atoms with E-state index in [-0.39, 0.29) is 11.9 Å². The molecular formula is C14H17NO2. The highest BCUT2D eigenvalue weighted by Gasteiger charge is 2.43. The summed E-state index contributed by atoms with van der Waals surface area (Å²) in [5, 5.41) is 0. The Hall–Kier alpha value is -1.38. The van der Waals surface area contributed by atoms with E-state index in [9.17, 15) is 4.79 Å². The van der Waals surface area contributed by atoms with Gasteiger partial charge in [-0.15, -0.1) is 0 Å². The highest BCUT2D eigenvalue weighted by atomic mass is 16.5. The summed E-state index contributed by atoms with van der Waals surface area (Å²) in [6, 6.07) is 5.66. The van der Waals surface area contributed by atoms with Gasteiger partial charge in [-0.2, -0.15) is 0 Å². The van der Waals surface area contributed by atoms with Crippen molar-refractivity contribution in [3.63, 3.8) is 0 Å². The van der Waals surface area contributed by atoms with Crippen molar-refractivity contribution >= 4 is 5.97 Å². The third-order valence-electron chi connectivity index (χ3n) is 4.13. The second kappa shape index (κ2) is 4.47. The van der Waals surface area contributed by atoms with Crippen LogP contribution >= 0.6 is 0 Å². The molecule has 3 rings (SSSR count). The molecule has 0 amide bonds. The Morgan fingerprint density at radius 2 is 2.29 bits per heavy atom. The molecule has 2 saturated carbocycles. The first-order valence-electron chi connectivity index (χ1n) is 6.39. The van der Waals surface area contributed by atoms with Crippen LogP contribution in [-0.2, 0) is 16.1 Å². The minimum atomic E-state index is -0.0112. The monoisotopic (exact) mass is 231 g/mol. The molecule has 3 nitrogen and oxygen atoms in total. The fraction of sp³-hybridized carbons (Fsp3) is 0.571. The van der Waals surface area contributed by atoms with E-state index in [1.54, 1.807) is 6.20 Å². The van der Waals surface area contributed by atoms with Crippen molar-refractivity contribution in [1.82, 2.24) is 4.98 Å². The molecule has 0 N–H and O–H groups in total. The average molecular weight is 231 g/mol. The van der Waals surface area contributed by atoms with E-state index in [0.717, 1.165) is 18.0 Å². The van der Waals surface area contributed by atoms with Crippen molar-refractivity contribution in [3.8, 4) is 0 Å². The Morgan fingerprint density at radius 3 is 2.94 bits per heavy atom. The summed E-state index contributed by atoms with van der Waals surface area (Å²) in [7, 11) is 0. The van der Waals surface area contributed by atoms with Gasteiger partial charge in [0, 0.05) is 6.20 Å². The predicted octanol–water partition coefficient (Wildman–Crippen LogP) is 2.56. The lowest BCUT2D eigenvalue weighted by atomic mass is 9.89. The molecular weight excluding hydrogens is 214 g/mol. The molecule has 90 valence electrons. The number of pyridine rings is 1. The van der Waals surface area contributed by atoms with E-state index in [4.69, 9.17) is 4.74 Å². The van der Waals surface area contributed by atoms with Gasteiger partial charge in [0.25, 0.3) is 0 Å². The van der Waals surface area contributed by atoms with E-state index in [1.165, 1.54) is 19.3 Å². The van der Waals surface area contributed by atoms with Crippen LogP contribution in [0.3, 0.4) is 0 Å². The first kappa shape index (κ1) is 10.8. The summed E-state index contributed by atoms with van der Waals surface area (Å²) in [4.78, 5) is 16.1. The topological polar surface area (TPSA) is 39.2 Å². The summed E-state index contributed by atoms with van der Waals surface area (Å²) >= 11 is 0. The largest absolute Gasteiger partial charge is 0.459 e. The third kappa shape index (κ3) is 2.19. The first-order valence-corrected chi connectivity index (χ1v) is 6.39. The van der Waals surface area contributed by atoms with Crippen molar-refractivity contribution < 1.29 is 9.53 Å². The maximum atomic E-state index is 12.0. The number of esters is 1. The molecule has 2 bridgehead atoms. The van der Waals surface area contributed by atoms with Crippen LogP contribution in [0.1, 0.15) is 31.4 Å². The molecule has 3 unspecified atom stereocenters. The fourth-order valence-electron chi connectivity index (χ4n) is 3.27. The zero-order valence-corrected chi connectivity index (χ0v) is 9.84. The van der Waals surface area contributed by atoms with Crippen molar-refractivity contribution in [2.45, 2.75) is 32.3 Å². The molecule has 0 radical (unpaired) electrons. The van der Waals surface area contributed by atoms with Gasteiger partial charge < -0.3 is 4.74 Å². The van der Waals surface area contributed by atoms with Crippen molar-refractivity contribution in [2.75, 3.05) is 0 Å². The average Bonchev–Trinajstić information content (AvgIpc) is 2.99. The number of aromatic nitrogens is 1. The number of rotatable bonds is 3. The number of carbonyl (C=O) groups excluding carboxylic acids is 1. The van der Waals surface area contributed by atoms with Crippen molar-refractivity contribution in [3.05, 3.63) is 30.1 Å². The van der Waals surface area contributed by atoms with E-state index >= 15 is 0 Å². The summed E-state index contributed by atoms with van der Waals surface area (Å²) in [6.07, 6.45) is 6.54. The summed E-state index contributed by atoms with van der Waals surface area (Å²) < 4.78 is 5.36. The van der Waals surface area contributed by atoms with Gasteiger partial charge in [-0.1, -0.05) is 12.5 Å². The van der Waals surface area contributed by atoms with Gasteiger partial charge in [-0.05, 0) is 43.2 Å². The van der Waals surface area contributed by atoms with Crippen LogP contribution in [0.2, 0.25) is 0 Å². The van der Waals surface area contributed by atoms with Crippen molar-refractivity contribution in [2.24, 2.45) is 17.8 Å². The molecule has 3 atom stereocenters. The zero-order chi connectivity index (χ0) is 11.7. The molecule has 1 heterocycles. The van der Waals surface area contributed by atoms with Crippen LogP contribution in [0.4, 0.5) is 0 Å². The lowest BCUT2D eigenvalue weighted by Gasteiger charge is -2.19. The molecule has 3 heteroatoms. The molecule has 2 aliphatic rings. The number of hydrogen-bond acceptors (Lipinski definition) is 3. The summed E-state index contributed by atoms with van der Waals surface area (Å²) in [5.74, 6) is 1.53. The molecule has 2 fully saturated rings. The maximum absolute atomic E-state index is 12.0. The third-order valence-corrected chi connectivity index (χ3v) is 4.13. The van der Waals surface area contributed by atoms with Gasteiger partial charge >= 0.3 is 5.97 Å². The molecule has 1 aromatic rings. The van der Waals surface area contributed by atoms with Gasteiger partial charge in [0.05, 0.1) is 11.6 Å². The summed E-state index contributed by atoms with van der Waals surface area (Å²) in [5.41, 5.74) is 0.823. The number of ether oxygens (including phenoxy) is 1. The summed E-state index contributed by atoms with van der Waals surface area (Å²) in [6.45, 7) is 0.313. The molecule has 1 aromatic heterocycles. The molecule has 0 aliphatic heterocycles. The first-order chi connectivity index (χ1) is 8.33. The minimum Gasteiger partial charge on any atom is -0.459 e. The van der Waals surface area contributed by atoms with E-state index in [1.807, 2.05) is 18.2 Å². The lowest BCUT2D eigenvalue weighted by molar-refractivity contribution is -0.151. The molecule has 17 heavy (non-hydrogen) atoms. The van der Waals surface area contributed by atoms with Crippen molar-refractivity contribution in [1.29, 1.82) is 0 Å². The normalized spacial score (nSPS) is 30.5. The van der Waals surface area contributed by atoms with E-state index < -0.39 is 0 Å².